The maximum Gasteiger partial charge on any atom is 0.508 e. The molecule has 0 aromatic heterocycles. The van der Waals surface area contributed by atoms with E-state index in [2.05, 4.69) is 5.10 Å². The Morgan fingerprint density at radius 1 is 1.14 bits per heavy atom. The molecule has 28 heavy (non-hydrogen) atoms. The second-order valence-corrected chi connectivity index (χ2v) is 5.47. The summed E-state index contributed by atoms with van der Waals surface area (Å²) in [7, 11) is 1.89. The standard InChI is InChI=1S/C14H24N2O4.2C2H4O2/c1-5-12(16(4)15-6-2)13-9-8-11(20-13)10-19-14(17)18-7-3;2*1-2(3)4/h5-6,11,13H,7-10H2,1-4H3;2*1H3,(H,3,4)/b12-5-,15-6-;;. The molecule has 0 aromatic rings. The molecule has 1 fully saturated rings. The molecule has 0 bridgehead atoms. The van der Waals surface area contributed by atoms with Crippen molar-refractivity contribution in [3.05, 3.63) is 11.8 Å². The molecule has 1 rings (SSSR count). The smallest absolute Gasteiger partial charge is 0.481 e. The van der Waals surface area contributed by atoms with Crippen LogP contribution in [0, 0.1) is 0 Å². The average molecular weight is 404 g/mol. The van der Waals surface area contributed by atoms with Crippen LogP contribution in [0.25, 0.3) is 0 Å². The van der Waals surface area contributed by atoms with E-state index in [4.69, 9.17) is 34.0 Å². The predicted octanol–water partition coefficient (Wildman–Crippen LogP) is 2.73. The van der Waals surface area contributed by atoms with Gasteiger partial charge in [0.15, 0.2) is 0 Å². The Morgan fingerprint density at radius 3 is 2.11 bits per heavy atom. The topological polar surface area (TPSA) is 135 Å². The van der Waals surface area contributed by atoms with Crippen molar-refractivity contribution in [2.24, 2.45) is 5.10 Å². The highest BCUT2D eigenvalue weighted by molar-refractivity contribution is 5.63. The van der Waals surface area contributed by atoms with Gasteiger partial charge in [0.25, 0.3) is 11.9 Å². The van der Waals surface area contributed by atoms with Crippen molar-refractivity contribution in [2.75, 3.05) is 20.3 Å². The molecule has 10 heteroatoms. The van der Waals surface area contributed by atoms with Gasteiger partial charge in [-0.1, -0.05) is 6.08 Å². The van der Waals surface area contributed by atoms with Crippen molar-refractivity contribution in [3.63, 3.8) is 0 Å². The average Bonchev–Trinajstić information content (AvgIpc) is 3.02. The van der Waals surface area contributed by atoms with Crippen molar-refractivity contribution in [1.82, 2.24) is 5.01 Å². The lowest BCUT2D eigenvalue weighted by atomic mass is 10.1. The molecular formula is C18H32N2O8. The van der Waals surface area contributed by atoms with Crippen molar-refractivity contribution < 1.29 is 38.8 Å². The van der Waals surface area contributed by atoms with Crippen molar-refractivity contribution in [2.45, 2.75) is 59.7 Å². The molecule has 2 unspecified atom stereocenters. The molecule has 1 aliphatic rings. The van der Waals surface area contributed by atoms with Gasteiger partial charge in [0.1, 0.15) is 6.61 Å². The summed E-state index contributed by atoms with van der Waals surface area (Å²) in [6.07, 6.45) is 4.73. The summed E-state index contributed by atoms with van der Waals surface area (Å²) >= 11 is 0. The van der Waals surface area contributed by atoms with Gasteiger partial charge in [-0.3, -0.25) is 14.6 Å². The third-order valence-electron chi connectivity index (χ3n) is 3.04. The lowest BCUT2D eigenvalue weighted by molar-refractivity contribution is -0.135. The van der Waals surface area contributed by atoms with Gasteiger partial charge < -0.3 is 24.4 Å². The molecule has 10 nitrogen and oxygen atoms in total. The molecular weight excluding hydrogens is 372 g/mol. The maximum absolute atomic E-state index is 11.1. The third-order valence-corrected chi connectivity index (χ3v) is 3.04. The van der Waals surface area contributed by atoms with Crippen LogP contribution in [0.5, 0.6) is 0 Å². The quantitative estimate of drug-likeness (QED) is 0.389. The number of carboxylic acid groups (broad SMARTS) is 2. The third kappa shape index (κ3) is 15.6. The number of nitrogens with zero attached hydrogens (tertiary/aromatic N) is 2. The summed E-state index contributed by atoms with van der Waals surface area (Å²) in [4.78, 5) is 29.1. The molecule has 1 saturated heterocycles. The first-order valence-corrected chi connectivity index (χ1v) is 8.81. The van der Waals surface area contributed by atoms with Gasteiger partial charge in [-0.15, -0.1) is 0 Å². The zero-order valence-electron chi connectivity index (χ0n) is 17.4. The number of rotatable bonds is 6. The highest BCUT2D eigenvalue weighted by Crippen LogP contribution is 2.27. The molecule has 2 atom stereocenters. The largest absolute Gasteiger partial charge is 0.508 e. The minimum atomic E-state index is -0.833. The SMILES string of the molecule is C/C=N\N(C)/C(=C\C)C1CCC(COC(=O)OCC)O1.CC(=O)O.CC(=O)O. The van der Waals surface area contributed by atoms with Crippen LogP contribution in [-0.4, -0.2) is 72.0 Å². The second kappa shape index (κ2) is 16.5. The molecule has 1 heterocycles. The molecule has 0 saturated carbocycles. The second-order valence-electron chi connectivity index (χ2n) is 5.47. The van der Waals surface area contributed by atoms with E-state index >= 15 is 0 Å². The summed E-state index contributed by atoms with van der Waals surface area (Å²) in [5.74, 6) is -1.67. The summed E-state index contributed by atoms with van der Waals surface area (Å²) in [6.45, 7) is 8.28. The first-order valence-electron chi connectivity index (χ1n) is 8.81. The van der Waals surface area contributed by atoms with Gasteiger partial charge in [-0.2, -0.15) is 5.10 Å². The van der Waals surface area contributed by atoms with E-state index in [9.17, 15) is 4.79 Å². The Morgan fingerprint density at radius 2 is 1.68 bits per heavy atom. The van der Waals surface area contributed by atoms with E-state index in [1.807, 2.05) is 27.0 Å². The van der Waals surface area contributed by atoms with E-state index in [-0.39, 0.29) is 18.8 Å². The fourth-order valence-corrected chi connectivity index (χ4v) is 2.19. The molecule has 2 N–H and O–H groups in total. The van der Waals surface area contributed by atoms with E-state index in [1.54, 1.807) is 18.1 Å². The summed E-state index contributed by atoms with van der Waals surface area (Å²) in [5, 5.41) is 20.9. The molecule has 0 radical (unpaired) electrons. The number of carbonyl (C=O) groups is 3. The molecule has 1 aliphatic heterocycles. The van der Waals surface area contributed by atoms with Gasteiger partial charge >= 0.3 is 6.16 Å². The number of hydrogen-bond donors (Lipinski definition) is 2. The minimum Gasteiger partial charge on any atom is -0.481 e. The minimum absolute atomic E-state index is 0.00973. The van der Waals surface area contributed by atoms with Crippen LogP contribution < -0.4 is 0 Å². The van der Waals surface area contributed by atoms with Crippen LogP contribution in [0.15, 0.2) is 16.9 Å². The summed E-state index contributed by atoms with van der Waals surface area (Å²) in [6, 6.07) is 0. The van der Waals surface area contributed by atoms with E-state index in [0.29, 0.717) is 6.61 Å². The first kappa shape index (κ1) is 27.6. The van der Waals surface area contributed by atoms with Crippen molar-refractivity contribution in [3.8, 4) is 0 Å². The lowest BCUT2D eigenvalue weighted by Crippen LogP contribution is -2.25. The highest BCUT2D eigenvalue weighted by Gasteiger charge is 2.30. The van der Waals surface area contributed by atoms with Gasteiger partial charge in [-0.05, 0) is 33.6 Å². The lowest BCUT2D eigenvalue weighted by Gasteiger charge is -2.22. The van der Waals surface area contributed by atoms with Crippen LogP contribution in [0.4, 0.5) is 4.79 Å². The Hall–Kier alpha value is -2.62. The van der Waals surface area contributed by atoms with Gasteiger partial charge in [0, 0.05) is 27.1 Å². The first-order chi connectivity index (χ1) is 13.1. The normalized spacial score (nSPS) is 18.3. The molecule has 0 spiro atoms. The molecule has 0 amide bonds. The fraction of sp³-hybridized carbons (Fsp3) is 0.667. The fourth-order valence-electron chi connectivity index (χ4n) is 2.19. The van der Waals surface area contributed by atoms with Crippen LogP contribution in [0.3, 0.4) is 0 Å². The molecule has 162 valence electrons. The number of allylic oxidation sites excluding steroid dienone is 1. The van der Waals surface area contributed by atoms with Crippen molar-refractivity contribution >= 4 is 24.3 Å². The van der Waals surface area contributed by atoms with Gasteiger partial charge in [-0.25, -0.2) is 4.79 Å². The Balaban J connectivity index is 0. The monoisotopic (exact) mass is 404 g/mol. The van der Waals surface area contributed by atoms with E-state index < -0.39 is 18.1 Å². The Kier molecular flexibility index (Phi) is 16.3. The zero-order chi connectivity index (χ0) is 22.1. The van der Waals surface area contributed by atoms with Gasteiger partial charge in [0.2, 0.25) is 0 Å². The number of hydrazone groups is 1. The Labute approximate surface area is 165 Å². The van der Waals surface area contributed by atoms with Crippen molar-refractivity contribution in [1.29, 1.82) is 0 Å². The predicted molar refractivity (Wildman–Crippen MR) is 103 cm³/mol. The number of carboxylic acids is 2. The van der Waals surface area contributed by atoms with E-state index in [0.717, 1.165) is 32.4 Å². The van der Waals surface area contributed by atoms with Crippen LogP contribution in [-0.2, 0) is 23.8 Å². The number of hydrogen-bond acceptors (Lipinski definition) is 8. The number of likely N-dealkylation sites (N-methyl/N-ethyl adjacent to an activating group) is 1. The number of ether oxygens (including phenoxy) is 3. The maximum atomic E-state index is 11.1. The molecule has 0 aromatic carbocycles. The molecule has 0 aliphatic carbocycles. The summed E-state index contributed by atoms with van der Waals surface area (Å²) in [5.41, 5.74) is 1.02. The number of carbonyl (C=O) groups excluding carboxylic acids is 1. The summed E-state index contributed by atoms with van der Waals surface area (Å²) < 4.78 is 15.6. The van der Waals surface area contributed by atoms with Crippen LogP contribution in [0.1, 0.15) is 47.5 Å². The van der Waals surface area contributed by atoms with E-state index in [1.165, 1.54) is 0 Å². The Bertz CT molecular complexity index is 514. The van der Waals surface area contributed by atoms with Gasteiger partial charge in [0.05, 0.1) is 24.5 Å². The number of aliphatic carboxylic acids is 2. The zero-order valence-corrected chi connectivity index (χ0v) is 17.4. The van der Waals surface area contributed by atoms with Crippen LogP contribution in [0.2, 0.25) is 0 Å². The highest BCUT2D eigenvalue weighted by atomic mass is 16.7. The van der Waals surface area contributed by atoms with Crippen LogP contribution >= 0.6 is 0 Å².